The van der Waals surface area contributed by atoms with Crippen molar-refractivity contribution >= 4 is 23.6 Å². The molecule has 0 saturated carbocycles. The second-order valence-electron chi connectivity index (χ2n) is 7.68. The maximum Gasteiger partial charge on any atom is 0.249 e. The summed E-state index contributed by atoms with van der Waals surface area (Å²) in [6.07, 6.45) is 3.10. The van der Waals surface area contributed by atoms with Crippen LogP contribution in [0.5, 0.6) is 0 Å². The van der Waals surface area contributed by atoms with Gasteiger partial charge < -0.3 is 9.80 Å². The third-order valence-corrected chi connectivity index (χ3v) is 5.25. The van der Waals surface area contributed by atoms with Crippen molar-refractivity contribution in [1.82, 2.24) is 14.7 Å². The SMILES string of the molecule is C/C(=C\c1ccc(Cl)cc1)C(=O)N1CC(C)N(CCCN(C)C)C(C)C1. The fourth-order valence-electron chi connectivity index (χ4n) is 3.65. The van der Waals surface area contributed by atoms with Gasteiger partial charge in [-0.25, -0.2) is 0 Å². The largest absolute Gasteiger partial charge is 0.336 e. The van der Waals surface area contributed by atoms with Gasteiger partial charge in [-0.05, 0) is 71.6 Å². The van der Waals surface area contributed by atoms with Crippen LogP contribution >= 0.6 is 11.6 Å². The molecule has 1 heterocycles. The predicted octanol–water partition coefficient (Wildman–Crippen LogP) is 3.62. The van der Waals surface area contributed by atoms with Crippen LogP contribution in [-0.4, -0.2) is 73.0 Å². The molecular formula is C21H32ClN3O. The standard InChI is InChI=1S/C21H32ClN3O/c1-16(13-19-7-9-20(22)10-8-19)21(26)24-14-17(2)25(18(3)15-24)12-6-11-23(4)5/h7-10,13,17-18H,6,11-12,14-15H2,1-5H3/b16-13+. The second kappa shape index (κ2) is 9.54. The summed E-state index contributed by atoms with van der Waals surface area (Å²) in [4.78, 5) is 19.6. The number of nitrogens with zero attached hydrogens (tertiary/aromatic N) is 3. The Hall–Kier alpha value is -1.36. The summed E-state index contributed by atoms with van der Waals surface area (Å²) in [6, 6.07) is 8.34. The number of hydrogen-bond acceptors (Lipinski definition) is 3. The van der Waals surface area contributed by atoms with Crippen LogP contribution in [-0.2, 0) is 4.79 Å². The molecule has 2 unspecified atom stereocenters. The van der Waals surface area contributed by atoms with Gasteiger partial charge in [-0.2, -0.15) is 0 Å². The Balaban J connectivity index is 1.97. The lowest BCUT2D eigenvalue weighted by Crippen LogP contribution is -2.58. The number of rotatable bonds is 6. The molecule has 1 saturated heterocycles. The Morgan fingerprint density at radius 1 is 1.19 bits per heavy atom. The Bertz CT molecular complexity index is 615. The van der Waals surface area contributed by atoms with E-state index in [1.807, 2.05) is 42.2 Å². The first-order valence-corrected chi connectivity index (χ1v) is 9.79. The van der Waals surface area contributed by atoms with Crippen molar-refractivity contribution in [2.45, 2.75) is 39.3 Å². The van der Waals surface area contributed by atoms with Crippen LogP contribution in [0.2, 0.25) is 5.02 Å². The highest BCUT2D eigenvalue weighted by Gasteiger charge is 2.31. The maximum atomic E-state index is 12.9. The van der Waals surface area contributed by atoms with E-state index >= 15 is 0 Å². The zero-order valence-corrected chi connectivity index (χ0v) is 17.5. The highest BCUT2D eigenvalue weighted by molar-refractivity contribution is 6.30. The van der Waals surface area contributed by atoms with Crippen LogP contribution in [0, 0.1) is 0 Å². The Labute approximate surface area is 163 Å². The van der Waals surface area contributed by atoms with Gasteiger partial charge in [0.2, 0.25) is 5.91 Å². The summed E-state index contributed by atoms with van der Waals surface area (Å²) in [5, 5.41) is 0.708. The third kappa shape index (κ3) is 5.83. The van der Waals surface area contributed by atoms with Gasteiger partial charge >= 0.3 is 0 Å². The van der Waals surface area contributed by atoms with E-state index in [9.17, 15) is 4.79 Å². The van der Waals surface area contributed by atoms with E-state index in [-0.39, 0.29) is 5.91 Å². The van der Waals surface area contributed by atoms with Crippen molar-refractivity contribution in [3.8, 4) is 0 Å². The highest BCUT2D eigenvalue weighted by atomic mass is 35.5. The first kappa shape index (κ1) is 20.9. The lowest BCUT2D eigenvalue weighted by Gasteiger charge is -2.44. The molecule has 4 nitrogen and oxygen atoms in total. The second-order valence-corrected chi connectivity index (χ2v) is 8.12. The molecule has 0 spiro atoms. The summed E-state index contributed by atoms with van der Waals surface area (Å²) in [6.45, 7) is 10.1. The lowest BCUT2D eigenvalue weighted by atomic mass is 10.1. The maximum absolute atomic E-state index is 12.9. The first-order valence-electron chi connectivity index (χ1n) is 9.41. The molecular weight excluding hydrogens is 346 g/mol. The molecule has 2 rings (SSSR count). The molecule has 0 aliphatic carbocycles. The normalized spacial score (nSPS) is 22.1. The zero-order valence-electron chi connectivity index (χ0n) is 16.7. The summed E-state index contributed by atoms with van der Waals surface area (Å²) >= 11 is 5.93. The fraction of sp³-hybridized carbons (Fsp3) is 0.571. The molecule has 5 heteroatoms. The molecule has 1 amide bonds. The van der Waals surface area contributed by atoms with Crippen molar-refractivity contribution in [3.05, 3.63) is 40.4 Å². The number of carbonyl (C=O) groups excluding carboxylic acids is 1. The molecule has 0 N–H and O–H groups in total. The number of carbonyl (C=O) groups is 1. The minimum Gasteiger partial charge on any atom is -0.336 e. The molecule has 0 aromatic heterocycles. The van der Waals surface area contributed by atoms with E-state index in [0.29, 0.717) is 17.1 Å². The van der Waals surface area contributed by atoms with E-state index in [1.54, 1.807) is 0 Å². The number of benzene rings is 1. The van der Waals surface area contributed by atoms with Crippen molar-refractivity contribution in [2.75, 3.05) is 40.3 Å². The van der Waals surface area contributed by atoms with Crippen LogP contribution in [0.25, 0.3) is 6.08 Å². The minimum absolute atomic E-state index is 0.131. The van der Waals surface area contributed by atoms with Gasteiger partial charge in [0.05, 0.1) is 0 Å². The number of amides is 1. The van der Waals surface area contributed by atoms with Crippen LogP contribution < -0.4 is 0 Å². The van der Waals surface area contributed by atoms with E-state index in [1.165, 1.54) is 0 Å². The molecule has 0 radical (unpaired) electrons. The van der Waals surface area contributed by atoms with Gasteiger partial charge in [-0.15, -0.1) is 0 Å². The smallest absolute Gasteiger partial charge is 0.249 e. The summed E-state index contributed by atoms with van der Waals surface area (Å²) < 4.78 is 0. The van der Waals surface area contributed by atoms with E-state index < -0.39 is 0 Å². The van der Waals surface area contributed by atoms with Crippen molar-refractivity contribution in [1.29, 1.82) is 0 Å². The minimum atomic E-state index is 0.131. The molecule has 1 aliphatic rings. The van der Waals surface area contributed by atoms with Crippen LogP contribution in [0.3, 0.4) is 0 Å². The van der Waals surface area contributed by atoms with E-state index in [4.69, 9.17) is 11.6 Å². The monoisotopic (exact) mass is 377 g/mol. The van der Waals surface area contributed by atoms with Gasteiger partial charge in [0.15, 0.2) is 0 Å². The molecule has 2 atom stereocenters. The Morgan fingerprint density at radius 3 is 2.31 bits per heavy atom. The fourth-order valence-corrected chi connectivity index (χ4v) is 3.78. The average molecular weight is 378 g/mol. The molecule has 0 bridgehead atoms. The Morgan fingerprint density at radius 2 is 1.77 bits per heavy atom. The van der Waals surface area contributed by atoms with E-state index in [0.717, 1.165) is 43.7 Å². The summed E-state index contributed by atoms with van der Waals surface area (Å²) in [5.41, 5.74) is 1.77. The molecule has 26 heavy (non-hydrogen) atoms. The van der Waals surface area contributed by atoms with Crippen LogP contribution in [0.4, 0.5) is 0 Å². The highest BCUT2D eigenvalue weighted by Crippen LogP contribution is 2.19. The van der Waals surface area contributed by atoms with Gasteiger partial charge in [0, 0.05) is 42.3 Å². The molecule has 1 aromatic rings. The van der Waals surface area contributed by atoms with Crippen molar-refractivity contribution in [3.63, 3.8) is 0 Å². The average Bonchev–Trinajstić information content (AvgIpc) is 2.58. The number of halogens is 1. The number of piperazine rings is 1. The van der Waals surface area contributed by atoms with Gasteiger partial charge in [0.1, 0.15) is 0 Å². The lowest BCUT2D eigenvalue weighted by molar-refractivity contribution is -0.131. The topological polar surface area (TPSA) is 26.8 Å². The summed E-state index contributed by atoms with van der Waals surface area (Å²) in [5.74, 6) is 0.131. The quantitative estimate of drug-likeness (QED) is 0.708. The third-order valence-electron chi connectivity index (χ3n) is 5.00. The first-order chi connectivity index (χ1) is 12.3. The molecule has 144 valence electrons. The van der Waals surface area contributed by atoms with Crippen LogP contribution in [0.15, 0.2) is 29.8 Å². The number of hydrogen-bond donors (Lipinski definition) is 0. The van der Waals surface area contributed by atoms with Crippen LogP contribution in [0.1, 0.15) is 32.8 Å². The molecule has 1 fully saturated rings. The molecule has 1 aliphatic heterocycles. The van der Waals surface area contributed by atoms with Gasteiger partial charge in [-0.3, -0.25) is 9.69 Å². The van der Waals surface area contributed by atoms with Crippen molar-refractivity contribution in [2.24, 2.45) is 0 Å². The van der Waals surface area contributed by atoms with Gasteiger partial charge in [-0.1, -0.05) is 23.7 Å². The molecule has 1 aromatic carbocycles. The summed E-state index contributed by atoms with van der Waals surface area (Å²) in [7, 11) is 4.22. The predicted molar refractivity (Wildman–Crippen MR) is 110 cm³/mol. The zero-order chi connectivity index (χ0) is 19.3. The van der Waals surface area contributed by atoms with E-state index in [2.05, 4.69) is 37.7 Å². The Kier molecular flexibility index (Phi) is 7.69. The van der Waals surface area contributed by atoms with Gasteiger partial charge in [0.25, 0.3) is 0 Å². The van der Waals surface area contributed by atoms with Crippen molar-refractivity contribution < 1.29 is 4.79 Å².